The van der Waals surface area contributed by atoms with E-state index in [0.29, 0.717) is 0 Å². The van der Waals surface area contributed by atoms with Crippen LogP contribution in [0.25, 0.3) is 0 Å². The number of halogens is 1. The van der Waals surface area contributed by atoms with Crippen LogP contribution >= 0.6 is 11.6 Å². The van der Waals surface area contributed by atoms with Crippen LogP contribution in [-0.4, -0.2) is 4.57 Å². The SMILES string of the molecule is CC(C)(C)Cc1cc(Cl)ccc1CCn1cccc1. The van der Waals surface area contributed by atoms with Crippen LogP contribution < -0.4 is 0 Å². The second-order valence-electron chi connectivity index (χ2n) is 6.32. The maximum atomic E-state index is 6.14. The van der Waals surface area contributed by atoms with E-state index in [4.69, 9.17) is 11.6 Å². The van der Waals surface area contributed by atoms with Gasteiger partial charge in [0.1, 0.15) is 0 Å². The van der Waals surface area contributed by atoms with E-state index in [1.54, 1.807) is 0 Å². The first-order valence-electron chi connectivity index (χ1n) is 6.82. The molecule has 1 aromatic carbocycles. The fraction of sp³-hybridized carbons (Fsp3) is 0.412. The molecule has 0 fully saturated rings. The molecule has 0 radical (unpaired) electrons. The Balaban J connectivity index is 2.14. The molecule has 0 aliphatic heterocycles. The first kappa shape index (κ1) is 14.2. The van der Waals surface area contributed by atoms with Gasteiger partial charge in [0.25, 0.3) is 0 Å². The highest BCUT2D eigenvalue weighted by Gasteiger charge is 2.14. The van der Waals surface area contributed by atoms with Gasteiger partial charge in [-0.25, -0.2) is 0 Å². The van der Waals surface area contributed by atoms with Crippen molar-refractivity contribution in [1.82, 2.24) is 4.57 Å². The molecule has 0 saturated carbocycles. The van der Waals surface area contributed by atoms with Crippen molar-refractivity contribution >= 4 is 11.6 Å². The van der Waals surface area contributed by atoms with Gasteiger partial charge in [0.2, 0.25) is 0 Å². The number of hydrogen-bond acceptors (Lipinski definition) is 0. The average Bonchev–Trinajstić information content (AvgIpc) is 2.78. The van der Waals surface area contributed by atoms with Crippen molar-refractivity contribution in [2.75, 3.05) is 0 Å². The Morgan fingerprint density at radius 2 is 1.74 bits per heavy atom. The third kappa shape index (κ3) is 4.43. The second kappa shape index (κ2) is 5.83. The minimum atomic E-state index is 0.285. The molecule has 0 atom stereocenters. The van der Waals surface area contributed by atoms with E-state index in [1.807, 2.05) is 6.07 Å². The summed E-state index contributed by atoms with van der Waals surface area (Å²) in [5, 5.41) is 0.837. The number of aryl methyl sites for hydroxylation is 2. The third-order valence-corrected chi connectivity index (χ3v) is 3.43. The Kier molecular flexibility index (Phi) is 4.36. The van der Waals surface area contributed by atoms with Crippen molar-refractivity contribution in [3.05, 3.63) is 58.9 Å². The van der Waals surface area contributed by atoms with Crippen LogP contribution in [0.2, 0.25) is 5.02 Å². The molecule has 19 heavy (non-hydrogen) atoms. The summed E-state index contributed by atoms with van der Waals surface area (Å²) in [6.07, 6.45) is 6.34. The van der Waals surface area contributed by atoms with Gasteiger partial charge in [0.05, 0.1) is 0 Å². The second-order valence-corrected chi connectivity index (χ2v) is 6.76. The van der Waals surface area contributed by atoms with Crippen molar-refractivity contribution in [2.45, 2.75) is 40.2 Å². The zero-order valence-electron chi connectivity index (χ0n) is 12.0. The molecule has 0 N–H and O–H groups in total. The molecule has 1 heterocycles. The van der Waals surface area contributed by atoms with Crippen molar-refractivity contribution in [1.29, 1.82) is 0 Å². The Hall–Kier alpha value is -1.21. The number of aromatic nitrogens is 1. The van der Waals surface area contributed by atoms with Crippen LogP contribution in [-0.2, 0) is 19.4 Å². The van der Waals surface area contributed by atoms with Gasteiger partial charge in [0.15, 0.2) is 0 Å². The summed E-state index contributed by atoms with van der Waals surface area (Å²) in [5.74, 6) is 0. The zero-order chi connectivity index (χ0) is 13.9. The summed E-state index contributed by atoms with van der Waals surface area (Å²) in [4.78, 5) is 0. The Labute approximate surface area is 121 Å². The molecule has 2 heteroatoms. The molecule has 2 aromatic rings. The summed E-state index contributed by atoms with van der Waals surface area (Å²) in [6.45, 7) is 7.82. The van der Waals surface area contributed by atoms with E-state index in [-0.39, 0.29) is 5.41 Å². The Morgan fingerprint density at radius 1 is 1.05 bits per heavy atom. The van der Waals surface area contributed by atoms with Crippen molar-refractivity contribution in [3.63, 3.8) is 0 Å². The number of benzene rings is 1. The van der Waals surface area contributed by atoms with Crippen LogP contribution in [0.15, 0.2) is 42.7 Å². The highest BCUT2D eigenvalue weighted by molar-refractivity contribution is 6.30. The number of hydrogen-bond donors (Lipinski definition) is 0. The van der Waals surface area contributed by atoms with Crippen LogP contribution in [0.4, 0.5) is 0 Å². The number of nitrogens with zero attached hydrogens (tertiary/aromatic N) is 1. The Bertz CT molecular complexity index is 521. The van der Waals surface area contributed by atoms with E-state index >= 15 is 0 Å². The van der Waals surface area contributed by atoms with Crippen LogP contribution in [0.3, 0.4) is 0 Å². The lowest BCUT2D eigenvalue weighted by Crippen LogP contribution is -2.12. The molecule has 1 aromatic heterocycles. The van der Waals surface area contributed by atoms with Crippen molar-refractivity contribution in [2.24, 2.45) is 5.41 Å². The quantitative estimate of drug-likeness (QED) is 0.742. The van der Waals surface area contributed by atoms with Gasteiger partial charge >= 0.3 is 0 Å². The maximum absolute atomic E-state index is 6.14. The zero-order valence-corrected chi connectivity index (χ0v) is 12.7. The first-order chi connectivity index (χ1) is 8.94. The molecular formula is C17H22ClN. The van der Waals surface area contributed by atoms with Crippen molar-refractivity contribution in [3.8, 4) is 0 Å². The van der Waals surface area contributed by atoms with Crippen LogP contribution in [0.5, 0.6) is 0 Å². The van der Waals surface area contributed by atoms with E-state index in [9.17, 15) is 0 Å². The smallest absolute Gasteiger partial charge is 0.0408 e. The lowest BCUT2D eigenvalue weighted by atomic mass is 9.85. The molecule has 0 amide bonds. The first-order valence-corrected chi connectivity index (χ1v) is 7.20. The fourth-order valence-corrected chi connectivity index (χ4v) is 2.54. The van der Waals surface area contributed by atoms with Gasteiger partial charge < -0.3 is 4.57 Å². The third-order valence-electron chi connectivity index (χ3n) is 3.19. The largest absolute Gasteiger partial charge is 0.354 e. The molecule has 0 saturated heterocycles. The summed E-state index contributed by atoms with van der Waals surface area (Å²) in [5.41, 5.74) is 3.08. The van der Waals surface area contributed by atoms with E-state index < -0.39 is 0 Å². The molecule has 0 aliphatic rings. The predicted molar refractivity (Wildman–Crippen MR) is 82.7 cm³/mol. The van der Waals surface area contributed by atoms with E-state index in [2.05, 4.69) is 62.0 Å². The van der Waals surface area contributed by atoms with Gasteiger partial charge in [-0.3, -0.25) is 0 Å². The van der Waals surface area contributed by atoms with Gasteiger partial charge in [-0.1, -0.05) is 38.4 Å². The molecule has 2 rings (SSSR count). The van der Waals surface area contributed by atoms with Gasteiger partial charge in [-0.2, -0.15) is 0 Å². The number of rotatable bonds is 4. The Morgan fingerprint density at radius 3 is 2.37 bits per heavy atom. The van der Waals surface area contributed by atoms with Gasteiger partial charge in [0, 0.05) is 24.0 Å². The molecule has 102 valence electrons. The van der Waals surface area contributed by atoms with Crippen molar-refractivity contribution < 1.29 is 0 Å². The highest BCUT2D eigenvalue weighted by Crippen LogP contribution is 2.26. The topological polar surface area (TPSA) is 4.93 Å². The monoisotopic (exact) mass is 275 g/mol. The highest BCUT2D eigenvalue weighted by atomic mass is 35.5. The maximum Gasteiger partial charge on any atom is 0.0408 e. The predicted octanol–water partition coefficient (Wildman–Crippen LogP) is 4.97. The molecule has 0 unspecified atom stereocenters. The molecule has 0 bridgehead atoms. The minimum absolute atomic E-state index is 0.285. The fourth-order valence-electron chi connectivity index (χ4n) is 2.34. The lowest BCUT2D eigenvalue weighted by molar-refractivity contribution is 0.409. The van der Waals surface area contributed by atoms with Gasteiger partial charge in [-0.05, 0) is 53.6 Å². The summed E-state index contributed by atoms with van der Waals surface area (Å²) >= 11 is 6.14. The van der Waals surface area contributed by atoms with Crippen LogP contribution in [0.1, 0.15) is 31.9 Å². The molecule has 0 spiro atoms. The standard InChI is InChI=1S/C17H22ClN/c1-17(2,3)13-15-12-16(18)7-6-14(15)8-11-19-9-4-5-10-19/h4-7,9-10,12H,8,11,13H2,1-3H3. The molecule has 0 aliphatic carbocycles. The average molecular weight is 276 g/mol. The van der Waals surface area contributed by atoms with E-state index in [1.165, 1.54) is 11.1 Å². The summed E-state index contributed by atoms with van der Waals surface area (Å²) in [6, 6.07) is 10.4. The lowest BCUT2D eigenvalue weighted by Gasteiger charge is -2.21. The van der Waals surface area contributed by atoms with E-state index in [0.717, 1.165) is 24.4 Å². The van der Waals surface area contributed by atoms with Gasteiger partial charge in [-0.15, -0.1) is 0 Å². The normalized spacial score (nSPS) is 11.8. The summed E-state index contributed by atoms with van der Waals surface area (Å²) < 4.78 is 2.22. The van der Waals surface area contributed by atoms with Crippen LogP contribution in [0, 0.1) is 5.41 Å². The summed E-state index contributed by atoms with van der Waals surface area (Å²) in [7, 11) is 0. The molecular weight excluding hydrogens is 254 g/mol. The minimum Gasteiger partial charge on any atom is -0.354 e. The molecule has 1 nitrogen and oxygen atoms in total.